The van der Waals surface area contributed by atoms with Crippen LogP contribution in [0.4, 0.5) is 22.7 Å². The van der Waals surface area contributed by atoms with Gasteiger partial charge in [0.25, 0.3) is 40.5 Å². The van der Waals surface area contributed by atoms with Crippen LogP contribution < -0.4 is 9.80 Å². The number of hydrogen-bond acceptors (Lipinski definition) is 27. The fourth-order valence-electron chi connectivity index (χ4n) is 16.8. The lowest BCUT2D eigenvalue weighted by Gasteiger charge is -2.30. The van der Waals surface area contributed by atoms with Gasteiger partial charge in [0.15, 0.2) is 11.4 Å². The van der Waals surface area contributed by atoms with Gasteiger partial charge in [0.2, 0.25) is 11.4 Å². The van der Waals surface area contributed by atoms with E-state index >= 15 is 0 Å². The van der Waals surface area contributed by atoms with Crippen molar-refractivity contribution in [1.29, 1.82) is 0 Å². The van der Waals surface area contributed by atoms with Gasteiger partial charge in [-0.05, 0) is 208 Å². The maximum absolute atomic E-state index is 12.3. The molecular formula is C82H107N4O31S9-3. The molecule has 0 aliphatic carbocycles. The van der Waals surface area contributed by atoms with Crippen molar-refractivity contribution in [2.24, 2.45) is 0 Å². The largest absolute Gasteiger partial charge is 0.748 e. The third kappa shape index (κ3) is 29.6. The third-order valence-corrected chi connectivity index (χ3v) is 30.2. The van der Waals surface area contributed by atoms with E-state index in [1.807, 2.05) is 51.9 Å². The monoisotopic (exact) mass is 1930 g/mol. The van der Waals surface area contributed by atoms with Crippen molar-refractivity contribution >= 4 is 137 Å². The molecule has 0 saturated carbocycles. The van der Waals surface area contributed by atoms with Gasteiger partial charge in [-0.3, -0.25) is 27.8 Å². The maximum atomic E-state index is 12.3. The summed E-state index contributed by atoms with van der Waals surface area (Å²) in [7, 11) is -41.0. The number of hydrogen-bond donors (Lipinski definition) is 6. The molecule has 44 heteroatoms. The summed E-state index contributed by atoms with van der Waals surface area (Å²) in [5, 5.41) is 18.2. The Labute approximate surface area is 738 Å². The van der Waals surface area contributed by atoms with E-state index in [0.29, 0.717) is 128 Å². The van der Waals surface area contributed by atoms with E-state index in [4.69, 9.17) is 10.2 Å². The van der Waals surface area contributed by atoms with E-state index < -0.39 is 168 Å². The molecule has 4 heterocycles. The molecule has 4 aromatic carbocycles. The van der Waals surface area contributed by atoms with Crippen molar-refractivity contribution in [2.75, 3.05) is 64.7 Å². The second-order valence-corrected chi connectivity index (χ2v) is 45.5. The average Bonchev–Trinajstić information content (AvgIpc) is 1.60. The molecule has 4 atom stereocenters. The molecule has 0 radical (unpaired) electrons. The van der Waals surface area contributed by atoms with Crippen molar-refractivity contribution in [2.45, 2.75) is 217 Å². The van der Waals surface area contributed by atoms with Crippen LogP contribution in [0.5, 0.6) is 0 Å². The molecule has 0 saturated heterocycles. The number of fused-ring (bicyclic) bond motifs is 4. The zero-order valence-electron chi connectivity index (χ0n) is 70.1. The van der Waals surface area contributed by atoms with E-state index in [1.165, 1.54) is 60.7 Å². The van der Waals surface area contributed by atoms with Crippen LogP contribution in [-0.4, -0.2) is 214 Å². The third-order valence-electron chi connectivity index (χ3n) is 22.9. The standard InChI is InChI=1S/C41H56N2O17S5.C41H54N2O14S4/c1-40(22-8-12-26-61(46,47)48)33-29-31(64(55,56)57)18-20-35(33)42(24-10-4-7-17-39(44)45)37(40)15-5-3-6-16-38-41(2,23-9-13-27-62(49,50)51)34-30-32(65(58,59)60)19-21-36(34)43(38)25-11-14-28-63(52,53)54;1-4-42-35-22-20-31(60(52,53)54)29-33(35)40(2,24-12-15-27-58(46,47)48)37(42)17-9-6-5-7-10-18-38-41(3,25-13-16-28-59(49,50)51)34-30-32(61(55,56)57)21-23-36(34)43(38)26-14-8-11-19-39(44)45/h3,5-6,15-16,18-21,29-30H,4,7-14,17,22-28H2,1-2H3,(H5-,44,45,46,47,48,49,50,51,52,53,54,55,56,57,58,59,60);5-7,9-10,17-18,20-23,29-30H,4,8,11-16,19,24-28H2,1-3H3,(H4-,44,45,46,47,48,49,50,51,52,53,54,55,56,57)/p-3. The summed E-state index contributed by atoms with van der Waals surface area (Å²) in [5.41, 5.74) is 3.42. The zero-order valence-corrected chi connectivity index (χ0v) is 77.5. The number of likely N-dealkylation sites (N-methyl/N-ethyl adjacent to an activating group) is 1. The Morgan fingerprint density at radius 2 is 0.683 bits per heavy atom. The summed E-state index contributed by atoms with van der Waals surface area (Å²) in [6.07, 6.45) is 26.7. The Hall–Kier alpha value is -7.87. The molecule has 0 spiro atoms. The van der Waals surface area contributed by atoms with E-state index in [0.717, 1.165) is 17.1 Å². The van der Waals surface area contributed by atoms with Gasteiger partial charge in [-0.2, -0.15) is 42.8 Å². The molecule has 4 unspecified atom stereocenters. The number of nitrogens with zero attached hydrogens (tertiary/aromatic N) is 4. The first-order valence-corrected chi connectivity index (χ1v) is 54.1. The number of carboxylic acid groups (broad SMARTS) is 2. The molecule has 8 rings (SSSR count). The highest BCUT2D eigenvalue weighted by Gasteiger charge is 2.50. The summed E-state index contributed by atoms with van der Waals surface area (Å²) in [6.45, 7) is 10.7. The molecule has 0 fully saturated rings. The Balaban J connectivity index is 0.000000346. The number of carbonyl (C=O) groups is 2. The highest BCUT2D eigenvalue weighted by molar-refractivity contribution is 7.87. The Kier molecular flexibility index (Phi) is 36.1. The fourth-order valence-corrected chi connectivity index (χ4v) is 21.6. The Morgan fingerprint density at radius 3 is 1.03 bits per heavy atom. The van der Waals surface area contributed by atoms with Crippen LogP contribution in [0.1, 0.15) is 198 Å². The van der Waals surface area contributed by atoms with Crippen LogP contribution in [0.25, 0.3) is 0 Å². The van der Waals surface area contributed by atoms with Crippen LogP contribution in [-0.2, 0) is 122 Å². The number of anilines is 2. The lowest BCUT2D eigenvalue weighted by molar-refractivity contribution is -0.438. The van der Waals surface area contributed by atoms with Gasteiger partial charge in [0, 0.05) is 125 Å². The van der Waals surface area contributed by atoms with E-state index in [9.17, 15) is 126 Å². The van der Waals surface area contributed by atoms with Gasteiger partial charge in [0.1, 0.15) is 33.3 Å². The van der Waals surface area contributed by atoms with Gasteiger partial charge < -0.3 is 42.8 Å². The molecular weight excluding hydrogens is 1830 g/mol. The summed E-state index contributed by atoms with van der Waals surface area (Å²) in [6, 6.07) is 16.4. The minimum Gasteiger partial charge on any atom is -0.748 e. The van der Waals surface area contributed by atoms with Gasteiger partial charge in [-0.25, -0.2) is 42.1 Å². The van der Waals surface area contributed by atoms with Gasteiger partial charge in [-0.15, -0.1) is 0 Å². The van der Waals surface area contributed by atoms with E-state index in [1.54, 1.807) is 86.7 Å². The number of unbranched alkanes of at least 4 members (excludes halogenated alkanes) is 9. The smallest absolute Gasteiger partial charge is 0.303 e. The van der Waals surface area contributed by atoms with Crippen molar-refractivity contribution in [3.63, 3.8) is 0 Å². The van der Waals surface area contributed by atoms with Gasteiger partial charge in [0.05, 0.1) is 72.3 Å². The molecule has 4 aliphatic rings. The maximum Gasteiger partial charge on any atom is 0.303 e. The molecule has 35 nitrogen and oxygen atoms in total. The van der Waals surface area contributed by atoms with Crippen LogP contribution in [0.15, 0.2) is 177 Å². The molecule has 4 aromatic rings. The van der Waals surface area contributed by atoms with E-state index in [2.05, 4.69) is 0 Å². The van der Waals surface area contributed by atoms with Crippen LogP contribution in [0.2, 0.25) is 0 Å². The number of rotatable bonds is 49. The first kappa shape index (κ1) is 105. The molecule has 6 N–H and O–H groups in total. The number of aliphatic carboxylic acids is 2. The Bertz CT molecular complexity index is 6120. The predicted molar refractivity (Wildman–Crippen MR) is 466 cm³/mol. The molecule has 0 aromatic heterocycles. The number of allylic oxidation sites excluding steroid dienone is 14. The van der Waals surface area contributed by atoms with Crippen molar-refractivity contribution in [3.05, 3.63) is 179 Å². The quantitative estimate of drug-likeness (QED) is 0.0103. The van der Waals surface area contributed by atoms with Crippen LogP contribution >= 0.6 is 0 Å². The Morgan fingerprint density at radius 1 is 0.365 bits per heavy atom. The molecule has 126 heavy (non-hydrogen) atoms. The SMILES string of the molecule is CC1(CCCCS(=O)(=O)[O-])C(/C=C/C=C/C=C2/N(CCCCS(=O)(=O)[O-])c3ccc(S(=O)(=O)O)cc3C2(C)CCCCS(=O)(=O)O)=[N+](CCCCCC(=O)O)c2ccc(S(=O)(=O)[O-])cc21.CCN1/C(=C/C=C/C=C/C=C/C2=[N+](CCCCCC(=O)O)c3ccc(S(=O)(=O)[O-])cc3C2(C)CCCCS(=O)(=O)[O-])C(C)(CCCCS(=O)(=O)O)c2cc(S(=O)(=O)O)ccc21. The first-order chi connectivity index (χ1) is 58.3. The summed E-state index contributed by atoms with van der Waals surface area (Å²) in [5.74, 6) is -4.66. The highest BCUT2D eigenvalue weighted by Crippen LogP contribution is 2.54. The van der Waals surface area contributed by atoms with Crippen LogP contribution in [0.3, 0.4) is 0 Å². The minimum absolute atomic E-state index is 0.00177. The number of carboxylic acids is 2. The van der Waals surface area contributed by atoms with Crippen molar-refractivity contribution < 1.29 is 146 Å². The molecule has 0 bridgehead atoms. The zero-order chi connectivity index (χ0) is 94.1. The van der Waals surface area contributed by atoms with Gasteiger partial charge >= 0.3 is 11.9 Å². The number of benzene rings is 4. The lowest BCUT2D eigenvalue weighted by Crippen LogP contribution is -2.31. The summed E-state index contributed by atoms with van der Waals surface area (Å²) in [4.78, 5) is 24.5. The molecule has 0 amide bonds. The average molecular weight is 1930 g/mol. The normalized spacial score (nSPS) is 20.3. The fraction of sp³-hybridized carbons (Fsp3) is 0.488. The predicted octanol–water partition coefficient (Wildman–Crippen LogP) is 10.7. The first-order valence-electron chi connectivity index (χ1n) is 40.5. The second kappa shape index (κ2) is 43.2. The summed E-state index contributed by atoms with van der Waals surface area (Å²) < 4.78 is 312. The minimum atomic E-state index is -4.91. The van der Waals surface area contributed by atoms with Crippen LogP contribution in [0, 0.1) is 0 Å². The second-order valence-electron chi connectivity index (χ2n) is 32.2. The van der Waals surface area contributed by atoms with E-state index in [-0.39, 0.29) is 94.9 Å². The molecule has 4 aliphatic heterocycles. The lowest BCUT2D eigenvalue weighted by atomic mass is 9.75. The van der Waals surface area contributed by atoms with Crippen molar-refractivity contribution in [3.8, 4) is 0 Å². The van der Waals surface area contributed by atoms with Gasteiger partial charge in [-0.1, -0.05) is 74.3 Å². The summed E-state index contributed by atoms with van der Waals surface area (Å²) >= 11 is 0. The highest BCUT2D eigenvalue weighted by atomic mass is 32.3. The topological polar surface area (TPSA) is 591 Å². The molecule has 698 valence electrons. The van der Waals surface area contributed by atoms with Crippen molar-refractivity contribution in [1.82, 2.24) is 0 Å².